The van der Waals surface area contributed by atoms with Crippen LogP contribution in [0.2, 0.25) is 0 Å². The Bertz CT molecular complexity index is 1300. The van der Waals surface area contributed by atoms with Gasteiger partial charge in [-0.15, -0.1) is 11.3 Å². The van der Waals surface area contributed by atoms with E-state index in [1.54, 1.807) is 23.8 Å². The molecule has 0 saturated heterocycles. The van der Waals surface area contributed by atoms with Crippen molar-refractivity contribution < 1.29 is 18.4 Å². The zero-order valence-electron chi connectivity index (χ0n) is 17.3. The van der Waals surface area contributed by atoms with Gasteiger partial charge in [0.15, 0.2) is 0 Å². The Kier molecular flexibility index (Phi) is 6.73. The summed E-state index contributed by atoms with van der Waals surface area (Å²) in [5.74, 6) is -0.410. The molecule has 168 valence electrons. The third kappa shape index (κ3) is 4.77. The van der Waals surface area contributed by atoms with E-state index in [9.17, 15) is 13.2 Å². The maximum absolute atomic E-state index is 13.7. The number of carbonyl (C=O) groups excluding carboxylic acids is 1. The molecule has 0 spiro atoms. The van der Waals surface area contributed by atoms with Crippen LogP contribution in [-0.2, 0) is 14.8 Å². The minimum absolute atomic E-state index is 0.247. The zero-order valence-corrected chi connectivity index (χ0v) is 19.0. The lowest BCUT2D eigenvalue weighted by Gasteiger charge is -2.24. The minimum atomic E-state index is -3.75. The van der Waals surface area contributed by atoms with Gasteiger partial charge in [-0.3, -0.25) is 19.4 Å². The summed E-state index contributed by atoms with van der Waals surface area (Å²) in [5, 5.41) is 17.2. The molecule has 2 aromatic carbocycles. The topological polar surface area (TPSA) is 115 Å². The van der Waals surface area contributed by atoms with E-state index in [0.717, 1.165) is 33.8 Å². The quantitative estimate of drug-likeness (QED) is 0.179. The van der Waals surface area contributed by atoms with Gasteiger partial charge >= 0.3 is 0 Å². The van der Waals surface area contributed by atoms with Crippen LogP contribution in [0.4, 0.5) is 5.69 Å². The molecule has 4 aromatic rings. The molecule has 0 aliphatic rings. The number of hydrogen-bond acceptors (Lipinski definition) is 6. The number of thiophene rings is 1. The smallest absolute Gasteiger partial charge is 0.273 e. The van der Waals surface area contributed by atoms with Crippen molar-refractivity contribution in [2.24, 2.45) is 0 Å². The number of nitrogens with one attached hydrogen (secondary N) is 2. The van der Waals surface area contributed by atoms with Gasteiger partial charge in [0, 0.05) is 23.1 Å². The number of anilines is 1. The number of amides is 1. The van der Waals surface area contributed by atoms with Crippen LogP contribution >= 0.6 is 11.3 Å². The number of sulfonamides is 1. The average molecular weight is 473 g/mol. The van der Waals surface area contributed by atoms with Crippen LogP contribution in [0.5, 0.6) is 0 Å². The molecule has 0 fully saturated rings. The zero-order chi connectivity index (χ0) is 22.6. The van der Waals surface area contributed by atoms with Crippen molar-refractivity contribution >= 4 is 53.9 Å². The summed E-state index contributed by atoms with van der Waals surface area (Å²) < 4.78 is 30.0. The highest BCUT2D eigenvalue weighted by Crippen LogP contribution is 2.34. The monoisotopic (exact) mass is 472 g/mol. The molecule has 0 aliphatic heterocycles. The van der Waals surface area contributed by atoms with E-state index in [0.29, 0.717) is 29.3 Å². The van der Waals surface area contributed by atoms with Crippen molar-refractivity contribution in [1.29, 1.82) is 0 Å². The van der Waals surface area contributed by atoms with E-state index in [2.05, 4.69) is 10.2 Å². The number of rotatable bonds is 10. The lowest BCUT2D eigenvalue weighted by molar-refractivity contribution is -0.129. The highest BCUT2D eigenvalue weighted by Gasteiger charge is 2.27. The Morgan fingerprint density at radius 2 is 1.88 bits per heavy atom. The van der Waals surface area contributed by atoms with Gasteiger partial charge in [-0.2, -0.15) is 5.10 Å². The van der Waals surface area contributed by atoms with E-state index in [1.165, 1.54) is 15.6 Å². The summed E-state index contributed by atoms with van der Waals surface area (Å²) in [6.07, 6.45) is 4.74. The maximum atomic E-state index is 13.7. The summed E-state index contributed by atoms with van der Waals surface area (Å²) >= 11 is 1.27. The Morgan fingerprint density at radius 3 is 2.69 bits per heavy atom. The van der Waals surface area contributed by atoms with E-state index < -0.39 is 15.9 Å². The van der Waals surface area contributed by atoms with Crippen molar-refractivity contribution in [2.75, 3.05) is 10.8 Å². The summed E-state index contributed by atoms with van der Waals surface area (Å²) in [6, 6.07) is 14.8. The number of hydroxylamine groups is 1. The molecular weight excluding hydrogens is 448 g/mol. The summed E-state index contributed by atoms with van der Waals surface area (Å²) in [4.78, 5) is 11.1. The van der Waals surface area contributed by atoms with Crippen molar-refractivity contribution in [3.63, 3.8) is 0 Å². The standard InChI is InChI=1S/C22H24N4O4S2/c27-21(25-28)9-3-1-2-6-12-26(18-10-11-19-17(13-18)15-23-24-19)32(29,30)22-14-16-7-4-5-8-20(16)31-22/h4-5,7-8,10-11,13-15,28H,1-3,6,9,12H2,(H,23,24)(H,25,27). The second kappa shape index (κ2) is 9.68. The third-order valence-corrected chi connectivity index (χ3v) is 8.69. The van der Waals surface area contributed by atoms with Crippen LogP contribution in [-0.4, -0.2) is 36.3 Å². The van der Waals surface area contributed by atoms with E-state index in [-0.39, 0.29) is 6.42 Å². The second-order valence-corrected chi connectivity index (χ2v) is 10.7. The van der Waals surface area contributed by atoms with Crippen molar-refractivity contribution in [1.82, 2.24) is 15.7 Å². The molecule has 0 bridgehead atoms. The van der Waals surface area contributed by atoms with Crippen LogP contribution in [0, 0.1) is 0 Å². The van der Waals surface area contributed by atoms with Crippen molar-refractivity contribution in [2.45, 2.75) is 36.3 Å². The number of nitrogens with zero attached hydrogens (tertiary/aromatic N) is 2. The number of aromatic amines is 1. The third-order valence-electron chi connectivity index (χ3n) is 5.30. The molecule has 0 radical (unpaired) electrons. The lowest BCUT2D eigenvalue weighted by atomic mass is 10.1. The molecule has 10 heteroatoms. The Labute approximate surface area is 189 Å². The first kappa shape index (κ1) is 22.3. The molecule has 3 N–H and O–H groups in total. The van der Waals surface area contributed by atoms with Gasteiger partial charge in [0.2, 0.25) is 5.91 Å². The van der Waals surface area contributed by atoms with Crippen LogP contribution in [0.1, 0.15) is 32.1 Å². The Morgan fingerprint density at radius 1 is 1.06 bits per heavy atom. The Balaban J connectivity index is 1.57. The largest absolute Gasteiger partial charge is 0.289 e. The van der Waals surface area contributed by atoms with Gasteiger partial charge in [-0.25, -0.2) is 13.9 Å². The molecule has 4 rings (SSSR count). The maximum Gasteiger partial charge on any atom is 0.273 e. The van der Waals surface area contributed by atoms with Crippen LogP contribution in [0.25, 0.3) is 21.0 Å². The number of fused-ring (bicyclic) bond motifs is 2. The SMILES string of the molecule is O=C(CCCCCCN(c1ccc2[nH]ncc2c1)S(=O)(=O)c1cc2ccccc2s1)NO. The first-order chi connectivity index (χ1) is 15.5. The molecule has 32 heavy (non-hydrogen) atoms. The molecule has 2 heterocycles. The van der Waals surface area contributed by atoms with Gasteiger partial charge in [0.1, 0.15) is 4.21 Å². The number of unbranched alkanes of at least 4 members (excludes halogenated alkanes) is 3. The van der Waals surface area contributed by atoms with E-state index in [4.69, 9.17) is 5.21 Å². The molecular formula is C22H24N4O4S2. The predicted molar refractivity (Wildman–Crippen MR) is 125 cm³/mol. The molecule has 0 aliphatic carbocycles. The summed E-state index contributed by atoms with van der Waals surface area (Å²) in [5.41, 5.74) is 3.06. The number of benzene rings is 2. The normalized spacial score (nSPS) is 11.8. The fourth-order valence-corrected chi connectivity index (χ4v) is 6.63. The van der Waals surface area contributed by atoms with Gasteiger partial charge in [0.05, 0.1) is 17.4 Å². The van der Waals surface area contributed by atoms with E-state index in [1.807, 2.05) is 36.4 Å². The summed E-state index contributed by atoms with van der Waals surface area (Å²) in [7, 11) is -3.75. The number of aromatic nitrogens is 2. The fraction of sp³-hybridized carbons (Fsp3) is 0.273. The highest BCUT2D eigenvalue weighted by molar-refractivity contribution is 7.95. The second-order valence-electron chi connectivity index (χ2n) is 7.52. The predicted octanol–water partition coefficient (Wildman–Crippen LogP) is 4.43. The fourth-order valence-electron chi connectivity index (χ4n) is 3.62. The van der Waals surface area contributed by atoms with Gasteiger partial charge in [0.25, 0.3) is 10.0 Å². The number of hydrogen-bond donors (Lipinski definition) is 3. The molecule has 0 unspecified atom stereocenters. The highest BCUT2D eigenvalue weighted by atomic mass is 32.2. The summed E-state index contributed by atoms with van der Waals surface area (Å²) in [6.45, 7) is 0.326. The van der Waals surface area contributed by atoms with Gasteiger partial charge in [-0.1, -0.05) is 31.0 Å². The van der Waals surface area contributed by atoms with Crippen LogP contribution in [0.15, 0.2) is 58.9 Å². The molecule has 0 saturated carbocycles. The Hall–Kier alpha value is -2.95. The van der Waals surface area contributed by atoms with E-state index >= 15 is 0 Å². The first-order valence-electron chi connectivity index (χ1n) is 10.4. The number of carbonyl (C=O) groups is 1. The average Bonchev–Trinajstić information content (AvgIpc) is 3.44. The molecule has 8 nitrogen and oxygen atoms in total. The number of H-pyrrole nitrogens is 1. The first-order valence-corrected chi connectivity index (χ1v) is 12.6. The van der Waals surface area contributed by atoms with Crippen LogP contribution in [0.3, 0.4) is 0 Å². The minimum Gasteiger partial charge on any atom is -0.289 e. The molecule has 0 atom stereocenters. The lowest BCUT2D eigenvalue weighted by Crippen LogP contribution is -2.31. The van der Waals surface area contributed by atoms with Crippen molar-refractivity contribution in [3.05, 3.63) is 54.7 Å². The van der Waals surface area contributed by atoms with Crippen molar-refractivity contribution in [3.8, 4) is 0 Å². The van der Waals surface area contributed by atoms with Gasteiger partial charge in [-0.05, 0) is 48.6 Å². The molecule has 2 aromatic heterocycles. The molecule has 1 amide bonds. The van der Waals surface area contributed by atoms with Crippen LogP contribution < -0.4 is 9.79 Å². The van der Waals surface area contributed by atoms with Gasteiger partial charge < -0.3 is 0 Å².